The van der Waals surface area contributed by atoms with Crippen LogP contribution < -0.4 is 9.64 Å². The summed E-state index contributed by atoms with van der Waals surface area (Å²) in [5, 5.41) is 4.05. The number of benzene rings is 1. The van der Waals surface area contributed by atoms with Crippen LogP contribution in [0.3, 0.4) is 0 Å². The molecule has 3 atom stereocenters. The SMILES string of the molecule is CC(C)c1noc(N2CC3C(COc4ccc(-c5ccc(S(C)(=O)=O)cc5)cn4)[C@@H]3C2)n1. The van der Waals surface area contributed by atoms with Gasteiger partial charge in [-0.1, -0.05) is 31.1 Å². The van der Waals surface area contributed by atoms with Crippen molar-refractivity contribution in [2.45, 2.75) is 24.7 Å². The summed E-state index contributed by atoms with van der Waals surface area (Å²) in [7, 11) is -3.20. The minimum absolute atomic E-state index is 0.261. The number of rotatable bonds is 7. The average molecular weight is 455 g/mol. The quantitative estimate of drug-likeness (QED) is 0.536. The number of hydrogen-bond donors (Lipinski definition) is 0. The van der Waals surface area contributed by atoms with Crippen LogP contribution >= 0.6 is 0 Å². The van der Waals surface area contributed by atoms with Crippen molar-refractivity contribution in [1.29, 1.82) is 0 Å². The number of ether oxygens (including phenoxy) is 1. The molecule has 2 fully saturated rings. The van der Waals surface area contributed by atoms with Crippen LogP contribution in [0.15, 0.2) is 52.0 Å². The minimum atomic E-state index is -3.20. The van der Waals surface area contributed by atoms with Crippen molar-refractivity contribution in [1.82, 2.24) is 15.1 Å². The van der Waals surface area contributed by atoms with Crippen LogP contribution in [0.25, 0.3) is 11.1 Å². The molecule has 3 aromatic rings. The summed E-state index contributed by atoms with van der Waals surface area (Å²) in [6.07, 6.45) is 2.96. The predicted octanol–water partition coefficient (Wildman–Crippen LogP) is 3.42. The molecule has 9 heteroatoms. The van der Waals surface area contributed by atoms with Crippen molar-refractivity contribution >= 4 is 15.9 Å². The first-order valence-corrected chi connectivity index (χ1v) is 12.7. The molecule has 0 amide bonds. The first-order valence-electron chi connectivity index (χ1n) is 10.8. The molecule has 8 nitrogen and oxygen atoms in total. The zero-order valence-corrected chi connectivity index (χ0v) is 19.1. The van der Waals surface area contributed by atoms with Gasteiger partial charge in [-0.2, -0.15) is 4.98 Å². The van der Waals surface area contributed by atoms with E-state index in [1.54, 1.807) is 30.5 Å². The Balaban J connectivity index is 1.13. The number of hydrogen-bond acceptors (Lipinski definition) is 8. The van der Waals surface area contributed by atoms with Gasteiger partial charge in [-0.3, -0.25) is 0 Å². The summed E-state index contributed by atoms with van der Waals surface area (Å²) in [5.74, 6) is 3.33. The van der Waals surface area contributed by atoms with Crippen LogP contribution in [0.5, 0.6) is 5.88 Å². The van der Waals surface area contributed by atoms with Gasteiger partial charge < -0.3 is 14.2 Å². The van der Waals surface area contributed by atoms with Crippen LogP contribution in [0.2, 0.25) is 0 Å². The van der Waals surface area contributed by atoms with Crippen LogP contribution in [-0.2, 0) is 9.84 Å². The molecule has 1 saturated carbocycles. The van der Waals surface area contributed by atoms with Gasteiger partial charge >= 0.3 is 6.01 Å². The van der Waals surface area contributed by atoms with Crippen LogP contribution in [0, 0.1) is 17.8 Å². The van der Waals surface area contributed by atoms with Gasteiger partial charge in [0.15, 0.2) is 15.7 Å². The van der Waals surface area contributed by atoms with Crippen molar-refractivity contribution in [3.8, 4) is 17.0 Å². The topological polar surface area (TPSA) is 98.4 Å². The Morgan fingerprint density at radius 3 is 2.34 bits per heavy atom. The number of piperidine rings is 1. The van der Waals surface area contributed by atoms with Crippen LogP contribution in [-0.4, -0.2) is 49.5 Å². The van der Waals surface area contributed by atoms with Gasteiger partial charge in [0.25, 0.3) is 0 Å². The third-order valence-corrected chi connectivity index (χ3v) is 7.49. The van der Waals surface area contributed by atoms with E-state index in [2.05, 4.69) is 33.9 Å². The Morgan fingerprint density at radius 1 is 1.09 bits per heavy atom. The number of anilines is 1. The Bertz CT molecular complexity index is 1190. The molecule has 0 N–H and O–H groups in total. The van der Waals surface area contributed by atoms with E-state index in [0.29, 0.717) is 41.2 Å². The van der Waals surface area contributed by atoms with Crippen molar-refractivity contribution < 1.29 is 17.7 Å². The van der Waals surface area contributed by atoms with E-state index < -0.39 is 9.84 Å². The molecule has 1 aliphatic heterocycles. The molecule has 32 heavy (non-hydrogen) atoms. The normalized spacial score (nSPS) is 22.2. The van der Waals surface area contributed by atoms with Gasteiger partial charge in [0.05, 0.1) is 11.5 Å². The second kappa shape index (κ2) is 7.88. The molecule has 1 saturated heterocycles. The standard InChI is InChI=1S/C23H26N4O4S/c1-14(2)22-25-23(31-26-22)27-11-18-19(12-27)20(18)13-30-21-9-6-16(10-24-21)15-4-7-17(8-5-15)32(3,28)29/h4-10,14,18-20H,11-13H2,1-3H3/t18-,19?,20?/m1/s1. The van der Waals surface area contributed by atoms with E-state index in [4.69, 9.17) is 9.26 Å². The largest absolute Gasteiger partial charge is 0.477 e. The first kappa shape index (κ1) is 20.9. The Kier molecular flexibility index (Phi) is 5.16. The molecule has 2 unspecified atom stereocenters. The lowest BCUT2D eigenvalue weighted by molar-refractivity contribution is 0.272. The Hall–Kier alpha value is -2.94. The molecule has 1 aliphatic carbocycles. The van der Waals surface area contributed by atoms with E-state index in [1.807, 2.05) is 12.1 Å². The third kappa shape index (κ3) is 4.09. The zero-order valence-electron chi connectivity index (χ0n) is 18.3. The monoisotopic (exact) mass is 454 g/mol. The molecule has 0 bridgehead atoms. The molecule has 1 aromatic carbocycles. The Labute approximate surface area is 187 Å². The van der Waals surface area contributed by atoms with Crippen LogP contribution in [0.1, 0.15) is 25.6 Å². The second-order valence-electron chi connectivity index (χ2n) is 8.98. The molecular weight excluding hydrogens is 428 g/mol. The van der Waals surface area contributed by atoms with Gasteiger partial charge in [-0.15, -0.1) is 0 Å². The number of aromatic nitrogens is 3. The van der Waals surface area contributed by atoms with Gasteiger partial charge in [-0.05, 0) is 35.6 Å². The maximum atomic E-state index is 11.6. The van der Waals surface area contributed by atoms with E-state index in [0.717, 1.165) is 30.0 Å². The van der Waals surface area contributed by atoms with Crippen molar-refractivity contribution in [3.63, 3.8) is 0 Å². The molecule has 0 spiro atoms. The smallest absolute Gasteiger partial charge is 0.324 e. The fraction of sp³-hybridized carbons (Fsp3) is 0.435. The summed E-state index contributed by atoms with van der Waals surface area (Å²) in [6.45, 7) is 6.61. The third-order valence-electron chi connectivity index (χ3n) is 6.37. The molecule has 3 heterocycles. The molecule has 0 radical (unpaired) electrons. The summed E-state index contributed by atoms with van der Waals surface area (Å²) >= 11 is 0. The van der Waals surface area contributed by atoms with Crippen molar-refractivity contribution in [3.05, 3.63) is 48.4 Å². The summed E-state index contributed by atoms with van der Waals surface area (Å²) < 4.78 is 34.6. The van der Waals surface area contributed by atoms with Crippen molar-refractivity contribution in [2.24, 2.45) is 17.8 Å². The van der Waals surface area contributed by atoms with E-state index in [1.165, 1.54) is 6.26 Å². The van der Waals surface area contributed by atoms with Crippen molar-refractivity contribution in [2.75, 3.05) is 30.9 Å². The number of sulfone groups is 1. The summed E-state index contributed by atoms with van der Waals surface area (Å²) in [4.78, 5) is 11.4. The predicted molar refractivity (Wildman–Crippen MR) is 119 cm³/mol. The van der Waals surface area contributed by atoms with E-state index in [9.17, 15) is 8.42 Å². The zero-order chi connectivity index (χ0) is 22.5. The first-order chi connectivity index (χ1) is 15.3. The summed E-state index contributed by atoms with van der Waals surface area (Å²) in [5.41, 5.74) is 1.83. The van der Waals surface area contributed by atoms with E-state index >= 15 is 0 Å². The maximum Gasteiger partial charge on any atom is 0.324 e. The fourth-order valence-electron chi connectivity index (χ4n) is 4.35. The van der Waals surface area contributed by atoms with Gasteiger partial charge in [-0.25, -0.2) is 13.4 Å². The molecule has 2 aromatic heterocycles. The maximum absolute atomic E-state index is 11.6. The lowest BCUT2D eigenvalue weighted by Crippen LogP contribution is -2.25. The molecule has 2 aliphatic rings. The van der Waals surface area contributed by atoms with E-state index in [-0.39, 0.29) is 5.92 Å². The highest BCUT2D eigenvalue weighted by molar-refractivity contribution is 7.90. The highest BCUT2D eigenvalue weighted by Crippen LogP contribution is 2.52. The number of pyridine rings is 1. The lowest BCUT2D eigenvalue weighted by atomic mass is 10.1. The average Bonchev–Trinajstić information content (AvgIpc) is 3.16. The van der Waals surface area contributed by atoms with Crippen LogP contribution in [0.4, 0.5) is 6.01 Å². The lowest BCUT2D eigenvalue weighted by Gasteiger charge is -2.16. The van der Waals surface area contributed by atoms with Gasteiger partial charge in [0.2, 0.25) is 5.88 Å². The Morgan fingerprint density at radius 2 is 1.78 bits per heavy atom. The molecule has 168 valence electrons. The number of fused-ring (bicyclic) bond motifs is 1. The highest BCUT2D eigenvalue weighted by Gasteiger charge is 2.56. The number of nitrogens with zero attached hydrogens (tertiary/aromatic N) is 4. The minimum Gasteiger partial charge on any atom is -0.477 e. The fourth-order valence-corrected chi connectivity index (χ4v) is 4.99. The molecular formula is C23H26N4O4S. The molecule has 5 rings (SSSR count). The second-order valence-corrected chi connectivity index (χ2v) is 11.0. The van der Waals surface area contributed by atoms with Gasteiger partial charge in [0, 0.05) is 49.0 Å². The summed E-state index contributed by atoms with van der Waals surface area (Å²) in [6, 6.07) is 11.2. The highest BCUT2D eigenvalue weighted by atomic mass is 32.2. The van der Waals surface area contributed by atoms with Gasteiger partial charge in [0.1, 0.15) is 0 Å².